The van der Waals surface area contributed by atoms with Crippen LogP contribution >= 0.6 is 0 Å². The number of hydrogen-bond acceptors (Lipinski definition) is 6. The number of hydrogen-bond donors (Lipinski definition) is 1. The van der Waals surface area contributed by atoms with Crippen molar-refractivity contribution in [1.82, 2.24) is 5.32 Å². The topological polar surface area (TPSA) is 83.1 Å². The van der Waals surface area contributed by atoms with Gasteiger partial charge in [0, 0.05) is 25.0 Å². The van der Waals surface area contributed by atoms with Crippen LogP contribution in [0.15, 0.2) is 61.2 Å². The minimum Gasteiger partial charge on any atom is -0.496 e. The van der Waals surface area contributed by atoms with Crippen LogP contribution in [0.2, 0.25) is 0 Å². The zero-order chi connectivity index (χ0) is 29.2. The Morgan fingerprint density at radius 1 is 0.950 bits per heavy atom. The Bertz CT molecular complexity index is 1340. The van der Waals surface area contributed by atoms with Gasteiger partial charge in [0.15, 0.2) is 0 Å². The second-order valence-corrected chi connectivity index (χ2v) is 9.31. The third-order valence-corrected chi connectivity index (χ3v) is 6.44. The maximum Gasteiger partial charge on any atom is 0.328 e. The zero-order valence-electron chi connectivity index (χ0n) is 23.6. The van der Waals surface area contributed by atoms with E-state index in [1.165, 1.54) is 19.2 Å². The van der Waals surface area contributed by atoms with E-state index in [9.17, 15) is 14.0 Å². The number of ether oxygens (including phenoxy) is 4. The van der Waals surface area contributed by atoms with Crippen LogP contribution in [0.4, 0.5) is 4.39 Å². The summed E-state index contributed by atoms with van der Waals surface area (Å²) in [6, 6.07) is 14.8. The van der Waals surface area contributed by atoms with Crippen LogP contribution in [0.5, 0.6) is 11.5 Å². The summed E-state index contributed by atoms with van der Waals surface area (Å²) in [4.78, 5) is 25.8. The van der Waals surface area contributed by atoms with E-state index >= 15 is 0 Å². The van der Waals surface area contributed by atoms with Gasteiger partial charge < -0.3 is 24.3 Å². The van der Waals surface area contributed by atoms with Gasteiger partial charge in [0.05, 0.1) is 33.5 Å². The van der Waals surface area contributed by atoms with E-state index in [-0.39, 0.29) is 12.0 Å². The van der Waals surface area contributed by atoms with E-state index in [0.717, 1.165) is 22.3 Å². The molecule has 0 bridgehead atoms. The van der Waals surface area contributed by atoms with Gasteiger partial charge in [-0.15, -0.1) is 0 Å². The quantitative estimate of drug-likeness (QED) is 0.283. The number of amides is 1. The highest BCUT2D eigenvalue weighted by Gasteiger charge is 2.26. The van der Waals surface area contributed by atoms with Gasteiger partial charge in [0.1, 0.15) is 23.4 Å². The fourth-order valence-corrected chi connectivity index (χ4v) is 4.50. The Balaban J connectivity index is 1.87. The number of carbonyl (C=O) groups excluding carboxylic acids is 2. The van der Waals surface area contributed by atoms with E-state index in [1.54, 1.807) is 27.2 Å². The van der Waals surface area contributed by atoms with Gasteiger partial charge in [-0.3, -0.25) is 4.79 Å². The van der Waals surface area contributed by atoms with Crippen LogP contribution in [0.1, 0.15) is 52.0 Å². The molecule has 0 saturated carbocycles. The van der Waals surface area contributed by atoms with Gasteiger partial charge in [0.25, 0.3) is 5.91 Å². The lowest BCUT2D eigenvalue weighted by molar-refractivity contribution is -0.142. The molecule has 1 amide bonds. The Morgan fingerprint density at radius 3 is 2.20 bits per heavy atom. The minimum atomic E-state index is -1.03. The van der Waals surface area contributed by atoms with E-state index in [4.69, 9.17) is 18.9 Å². The number of nitrogens with one attached hydrogen (secondary N) is 1. The first-order valence-corrected chi connectivity index (χ1v) is 12.9. The Morgan fingerprint density at radius 2 is 1.60 bits per heavy atom. The van der Waals surface area contributed by atoms with Gasteiger partial charge in [0.2, 0.25) is 0 Å². The molecule has 0 aliphatic carbocycles. The molecular weight excluding hydrogens is 513 g/mol. The monoisotopic (exact) mass is 549 g/mol. The first-order chi connectivity index (χ1) is 19.2. The predicted octanol–water partition coefficient (Wildman–Crippen LogP) is 5.52. The lowest BCUT2D eigenvalue weighted by atomic mass is 9.97. The van der Waals surface area contributed by atoms with Gasteiger partial charge in [-0.1, -0.05) is 48.6 Å². The molecule has 212 valence electrons. The van der Waals surface area contributed by atoms with Gasteiger partial charge >= 0.3 is 5.97 Å². The third kappa shape index (κ3) is 7.48. The van der Waals surface area contributed by atoms with E-state index in [0.29, 0.717) is 42.3 Å². The van der Waals surface area contributed by atoms with Crippen molar-refractivity contribution in [2.45, 2.75) is 39.3 Å². The van der Waals surface area contributed by atoms with Crippen LogP contribution in [-0.2, 0) is 33.7 Å². The summed E-state index contributed by atoms with van der Waals surface area (Å²) in [7, 11) is 4.46. The Kier molecular flexibility index (Phi) is 10.8. The fourth-order valence-electron chi connectivity index (χ4n) is 4.50. The van der Waals surface area contributed by atoms with Crippen molar-refractivity contribution in [3.05, 3.63) is 100 Å². The molecule has 0 aromatic heterocycles. The molecule has 0 spiro atoms. The SMILES string of the molecule is C=C(C)c1cccc(F)c1C(=O)N[C@@H](Cc1cccc(Cc2c(OC)cc(COCC)cc2OC)c1)C(=O)OC. The molecule has 0 fully saturated rings. The van der Waals surface area contributed by atoms with Crippen LogP contribution < -0.4 is 14.8 Å². The molecule has 8 heteroatoms. The summed E-state index contributed by atoms with van der Waals surface area (Å²) in [5.41, 5.74) is 4.28. The minimum absolute atomic E-state index is 0.144. The Hall–Kier alpha value is -4.17. The van der Waals surface area contributed by atoms with Crippen molar-refractivity contribution in [3.63, 3.8) is 0 Å². The zero-order valence-corrected chi connectivity index (χ0v) is 23.6. The predicted molar refractivity (Wildman–Crippen MR) is 152 cm³/mol. The first kappa shape index (κ1) is 30.4. The van der Waals surface area contributed by atoms with Crippen LogP contribution in [0.25, 0.3) is 5.57 Å². The number of benzene rings is 3. The molecule has 7 nitrogen and oxygen atoms in total. The number of methoxy groups -OCH3 is 3. The summed E-state index contributed by atoms with van der Waals surface area (Å²) in [5, 5.41) is 2.65. The van der Waals surface area contributed by atoms with E-state index in [1.807, 2.05) is 43.3 Å². The first-order valence-electron chi connectivity index (χ1n) is 12.9. The number of allylic oxidation sites excluding steroid dienone is 1. The summed E-state index contributed by atoms with van der Waals surface area (Å²) >= 11 is 0. The molecule has 0 saturated heterocycles. The van der Waals surface area contributed by atoms with Crippen molar-refractivity contribution < 1.29 is 32.9 Å². The van der Waals surface area contributed by atoms with Crippen molar-refractivity contribution in [3.8, 4) is 11.5 Å². The number of halogens is 1. The highest BCUT2D eigenvalue weighted by Crippen LogP contribution is 2.33. The van der Waals surface area contributed by atoms with Gasteiger partial charge in [-0.25, -0.2) is 9.18 Å². The molecule has 0 heterocycles. The summed E-state index contributed by atoms with van der Waals surface area (Å²) < 4.78 is 36.5. The largest absolute Gasteiger partial charge is 0.496 e. The number of carbonyl (C=O) groups is 2. The maximum atomic E-state index is 14.6. The maximum absolute atomic E-state index is 14.6. The van der Waals surface area contributed by atoms with Crippen molar-refractivity contribution >= 4 is 17.4 Å². The number of esters is 1. The summed E-state index contributed by atoms with van der Waals surface area (Å²) in [6.45, 7) is 8.50. The van der Waals surface area contributed by atoms with Crippen LogP contribution in [0.3, 0.4) is 0 Å². The molecule has 40 heavy (non-hydrogen) atoms. The lowest BCUT2D eigenvalue weighted by Gasteiger charge is -2.19. The van der Waals surface area contributed by atoms with Crippen molar-refractivity contribution in [1.29, 1.82) is 0 Å². The fraction of sp³-hybridized carbons (Fsp3) is 0.312. The van der Waals surface area contributed by atoms with Gasteiger partial charge in [-0.2, -0.15) is 0 Å². The third-order valence-electron chi connectivity index (χ3n) is 6.44. The average molecular weight is 550 g/mol. The van der Waals surface area contributed by atoms with Crippen molar-refractivity contribution in [2.24, 2.45) is 0 Å². The highest BCUT2D eigenvalue weighted by atomic mass is 19.1. The van der Waals surface area contributed by atoms with Crippen LogP contribution in [0, 0.1) is 5.82 Å². The Labute approximate surface area is 234 Å². The molecule has 0 unspecified atom stereocenters. The normalized spacial score (nSPS) is 11.4. The van der Waals surface area contributed by atoms with Gasteiger partial charge in [-0.05, 0) is 54.3 Å². The van der Waals surface area contributed by atoms with E-state index in [2.05, 4.69) is 11.9 Å². The second kappa shape index (κ2) is 14.3. The average Bonchev–Trinajstić information content (AvgIpc) is 2.95. The summed E-state index contributed by atoms with van der Waals surface area (Å²) in [6.07, 6.45) is 0.645. The molecular formula is C32H36FNO6. The molecule has 1 atom stereocenters. The smallest absolute Gasteiger partial charge is 0.328 e. The second-order valence-electron chi connectivity index (χ2n) is 9.31. The standard InChI is InChI=1S/C32H36FNO6/c1-7-40-19-23-17-28(37-4)25(29(18-23)38-5)15-21-10-8-11-22(14-21)16-27(32(36)39-6)34-31(35)30-24(20(2)3)12-9-13-26(30)33/h8-14,17-18,27H,2,7,15-16,19H2,1,3-6H3,(H,34,35)/t27-/m0/s1. The number of rotatable bonds is 13. The van der Waals surface area contributed by atoms with Crippen LogP contribution in [-0.4, -0.2) is 45.9 Å². The molecule has 0 aliphatic heterocycles. The lowest BCUT2D eigenvalue weighted by Crippen LogP contribution is -2.43. The molecule has 0 radical (unpaired) electrons. The molecule has 1 N–H and O–H groups in total. The van der Waals surface area contributed by atoms with Crippen molar-refractivity contribution in [2.75, 3.05) is 27.9 Å². The molecule has 3 rings (SSSR count). The molecule has 3 aromatic rings. The molecule has 0 aliphatic rings. The highest BCUT2D eigenvalue weighted by molar-refractivity contribution is 6.01. The summed E-state index contributed by atoms with van der Waals surface area (Å²) in [5.74, 6) is -0.696. The molecule has 3 aromatic carbocycles. The van der Waals surface area contributed by atoms with E-state index < -0.39 is 23.7 Å².